The van der Waals surface area contributed by atoms with Crippen LogP contribution in [0.4, 0.5) is 0 Å². The molecule has 1 unspecified atom stereocenters. The summed E-state index contributed by atoms with van der Waals surface area (Å²) in [6.45, 7) is 1.68. The number of phenols is 1. The molecule has 0 heterocycles. The third kappa shape index (κ3) is 5.95. The third-order valence-corrected chi connectivity index (χ3v) is 4.55. The zero-order valence-electron chi connectivity index (χ0n) is 14.1. The van der Waals surface area contributed by atoms with Crippen LogP contribution in [0.1, 0.15) is 42.4 Å². The Hall–Kier alpha value is -2.25. The maximum Gasteiger partial charge on any atom is 0.304 e. The third-order valence-electron chi connectivity index (χ3n) is 4.05. The van der Waals surface area contributed by atoms with Crippen molar-refractivity contribution in [3.63, 3.8) is 0 Å². The van der Waals surface area contributed by atoms with E-state index in [2.05, 4.69) is 46.0 Å². The van der Waals surface area contributed by atoms with Gasteiger partial charge in [0.1, 0.15) is 5.75 Å². The van der Waals surface area contributed by atoms with Crippen LogP contribution in [0.5, 0.6) is 5.75 Å². The van der Waals surface area contributed by atoms with E-state index in [9.17, 15) is 4.79 Å². The van der Waals surface area contributed by atoms with Crippen LogP contribution in [-0.4, -0.2) is 16.2 Å². The summed E-state index contributed by atoms with van der Waals surface area (Å²) < 4.78 is 1.22. The Morgan fingerprint density at radius 3 is 2.48 bits per heavy atom. The Labute approximate surface area is 156 Å². The second kappa shape index (κ2) is 9.29. The fourth-order valence-corrected chi connectivity index (χ4v) is 3.26. The Morgan fingerprint density at radius 1 is 1.16 bits per heavy atom. The van der Waals surface area contributed by atoms with Crippen molar-refractivity contribution in [2.24, 2.45) is 0 Å². The van der Waals surface area contributed by atoms with E-state index in [-0.39, 0.29) is 18.1 Å². The normalized spacial score (nSPS) is 12.9. The lowest BCUT2D eigenvalue weighted by atomic mass is 9.96. The van der Waals surface area contributed by atoms with Crippen LogP contribution >= 0.6 is 15.9 Å². The standard InChI is InChI=1S/C12H12O3.C9H9Br/c1-2-3-10(8-12(14)15)9-4-6-11(13)7-5-9;10-9-5-4-7-2-1-3-8(7)6-9/h4-7,10,13H,8H2,1H3,(H,14,15);4-6H,1-3H2. The van der Waals surface area contributed by atoms with Gasteiger partial charge in [-0.2, -0.15) is 0 Å². The van der Waals surface area contributed by atoms with Crippen molar-refractivity contribution in [3.05, 3.63) is 63.6 Å². The molecule has 0 radical (unpaired) electrons. The number of carbonyl (C=O) groups is 1. The number of hydrogen-bond donors (Lipinski definition) is 2. The SMILES string of the molecule is Brc1ccc2c(c1)CCC2.CC#CC(CC(=O)O)c1ccc(O)cc1. The Balaban J connectivity index is 0.000000194. The van der Waals surface area contributed by atoms with Gasteiger partial charge in [-0.1, -0.05) is 40.0 Å². The molecule has 0 saturated carbocycles. The average Bonchev–Trinajstić information content (AvgIpc) is 3.03. The predicted octanol–water partition coefficient (Wildman–Crippen LogP) is 4.91. The number of aliphatic carboxylic acids is 1. The molecule has 4 heteroatoms. The van der Waals surface area contributed by atoms with E-state index in [4.69, 9.17) is 10.2 Å². The molecule has 0 aromatic heterocycles. The van der Waals surface area contributed by atoms with Gasteiger partial charge in [0.05, 0.1) is 12.3 Å². The molecule has 3 nitrogen and oxygen atoms in total. The Morgan fingerprint density at radius 2 is 1.84 bits per heavy atom. The summed E-state index contributed by atoms with van der Waals surface area (Å²) >= 11 is 3.46. The van der Waals surface area contributed by atoms with Crippen LogP contribution in [0.15, 0.2) is 46.9 Å². The van der Waals surface area contributed by atoms with Crippen LogP contribution in [0.3, 0.4) is 0 Å². The Bertz CT molecular complexity index is 785. The van der Waals surface area contributed by atoms with Gasteiger partial charge in [0.15, 0.2) is 0 Å². The fraction of sp³-hybridized carbons (Fsp3) is 0.286. The van der Waals surface area contributed by atoms with Gasteiger partial charge in [0.25, 0.3) is 0 Å². The average molecular weight is 401 g/mol. The Kier molecular flexibility index (Phi) is 7.09. The number of benzene rings is 2. The number of fused-ring (bicyclic) bond motifs is 1. The summed E-state index contributed by atoms with van der Waals surface area (Å²) in [6, 6.07) is 13.0. The first kappa shape index (κ1) is 19.1. The van der Waals surface area contributed by atoms with Crippen molar-refractivity contribution in [2.75, 3.05) is 0 Å². The lowest BCUT2D eigenvalue weighted by Crippen LogP contribution is -2.04. The molecule has 25 heavy (non-hydrogen) atoms. The van der Waals surface area contributed by atoms with Crippen molar-refractivity contribution >= 4 is 21.9 Å². The van der Waals surface area contributed by atoms with Gasteiger partial charge in [0.2, 0.25) is 0 Å². The quantitative estimate of drug-likeness (QED) is 0.719. The molecule has 1 aliphatic carbocycles. The van der Waals surface area contributed by atoms with Crippen LogP contribution < -0.4 is 0 Å². The second-order valence-electron chi connectivity index (χ2n) is 5.90. The molecule has 3 rings (SSSR count). The molecule has 0 aliphatic heterocycles. The largest absolute Gasteiger partial charge is 0.508 e. The molecule has 1 aliphatic rings. The molecule has 130 valence electrons. The van der Waals surface area contributed by atoms with Crippen molar-refractivity contribution < 1.29 is 15.0 Å². The lowest BCUT2D eigenvalue weighted by Gasteiger charge is -2.08. The second-order valence-corrected chi connectivity index (χ2v) is 6.82. The van der Waals surface area contributed by atoms with E-state index >= 15 is 0 Å². The summed E-state index contributed by atoms with van der Waals surface area (Å²) in [4.78, 5) is 10.6. The number of halogens is 1. The lowest BCUT2D eigenvalue weighted by molar-refractivity contribution is -0.137. The van der Waals surface area contributed by atoms with Crippen LogP contribution in [0.25, 0.3) is 0 Å². The number of aryl methyl sites for hydroxylation is 2. The van der Waals surface area contributed by atoms with E-state index in [0.717, 1.165) is 5.56 Å². The summed E-state index contributed by atoms with van der Waals surface area (Å²) in [5, 5.41) is 17.8. The number of phenolic OH excluding ortho intramolecular Hbond substituents is 1. The number of aromatic hydroxyl groups is 1. The van der Waals surface area contributed by atoms with E-state index in [0.29, 0.717) is 0 Å². The minimum Gasteiger partial charge on any atom is -0.508 e. The number of rotatable bonds is 3. The molecule has 2 aromatic carbocycles. The fourth-order valence-electron chi connectivity index (χ4n) is 2.85. The van der Waals surface area contributed by atoms with Gasteiger partial charge in [-0.05, 0) is 67.1 Å². The molecule has 0 amide bonds. The summed E-state index contributed by atoms with van der Waals surface area (Å²) in [7, 11) is 0. The minimum absolute atomic E-state index is 0.0222. The van der Waals surface area contributed by atoms with E-state index in [1.807, 2.05) is 0 Å². The van der Waals surface area contributed by atoms with Crippen LogP contribution in [0.2, 0.25) is 0 Å². The van der Waals surface area contributed by atoms with Crippen LogP contribution in [-0.2, 0) is 17.6 Å². The van der Waals surface area contributed by atoms with Gasteiger partial charge < -0.3 is 10.2 Å². The number of hydrogen-bond acceptors (Lipinski definition) is 2. The number of carboxylic acid groups (broad SMARTS) is 1. The molecule has 0 bridgehead atoms. The molecular weight excluding hydrogens is 380 g/mol. The highest BCUT2D eigenvalue weighted by Crippen LogP contribution is 2.24. The maximum absolute atomic E-state index is 10.6. The van der Waals surface area contributed by atoms with Gasteiger partial charge in [-0.25, -0.2) is 0 Å². The topological polar surface area (TPSA) is 57.5 Å². The summed E-state index contributed by atoms with van der Waals surface area (Å²) in [5.74, 6) is 4.52. The molecular formula is C21H21BrO3. The van der Waals surface area contributed by atoms with E-state index in [1.54, 1.807) is 24.6 Å². The molecule has 1 atom stereocenters. The first-order valence-electron chi connectivity index (χ1n) is 8.20. The van der Waals surface area contributed by atoms with E-state index < -0.39 is 5.97 Å². The molecule has 0 spiro atoms. The number of carboxylic acids is 1. The van der Waals surface area contributed by atoms with Gasteiger partial charge in [-0.15, -0.1) is 5.92 Å². The molecule has 2 N–H and O–H groups in total. The summed E-state index contributed by atoms with van der Waals surface area (Å²) in [5.41, 5.74) is 3.89. The first-order valence-corrected chi connectivity index (χ1v) is 8.99. The minimum atomic E-state index is -0.879. The smallest absolute Gasteiger partial charge is 0.304 e. The first-order chi connectivity index (χ1) is 12.0. The van der Waals surface area contributed by atoms with Crippen molar-refractivity contribution in [1.29, 1.82) is 0 Å². The zero-order valence-corrected chi connectivity index (χ0v) is 15.7. The monoisotopic (exact) mass is 400 g/mol. The van der Waals surface area contributed by atoms with Gasteiger partial charge >= 0.3 is 5.97 Å². The van der Waals surface area contributed by atoms with Gasteiger partial charge in [0, 0.05) is 4.47 Å². The highest BCUT2D eigenvalue weighted by molar-refractivity contribution is 9.10. The predicted molar refractivity (Wildman–Crippen MR) is 103 cm³/mol. The van der Waals surface area contributed by atoms with Crippen molar-refractivity contribution in [2.45, 2.75) is 38.5 Å². The molecule has 2 aromatic rings. The highest BCUT2D eigenvalue weighted by Gasteiger charge is 2.12. The molecule has 0 fully saturated rings. The molecule has 0 saturated heterocycles. The zero-order chi connectivity index (χ0) is 18.2. The maximum atomic E-state index is 10.6. The highest BCUT2D eigenvalue weighted by atomic mass is 79.9. The van der Waals surface area contributed by atoms with E-state index in [1.165, 1.54) is 41.4 Å². The van der Waals surface area contributed by atoms with Gasteiger partial charge in [-0.3, -0.25) is 4.79 Å². The summed E-state index contributed by atoms with van der Waals surface area (Å²) in [6.07, 6.45) is 3.87. The van der Waals surface area contributed by atoms with Crippen LogP contribution in [0, 0.1) is 11.8 Å². The van der Waals surface area contributed by atoms with Crippen molar-refractivity contribution in [1.82, 2.24) is 0 Å². The van der Waals surface area contributed by atoms with Crippen molar-refractivity contribution in [3.8, 4) is 17.6 Å².